The van der Waals surface area contributed by atoms with Gasteiger partial charge in [0.2, 0.25) is 35.8 Å². The molecular weight excluding hydrogens is 785 g/mol. The minimum absolute atomic E-state index is 0.0718. The highest BCUT2D eigenvalue weighted by Gasteiger charge is 2.50. The molecule has 341 valence electrons. The summed E-state index contributed by atoms with van der Waals surface area (Å²) >= 11 is 0. The van der Waals surface area contributed by atoms with Gasteiger partial charge >= 0.3 is 0 Å². The van der Waals surface area contributed by atoms with Crippen LogP contribution < -0.4 is 38.1 Å². The highest BCUT2D eigenvalue weighted by Crippen LogP contribution is 2.30. The van der Waals surface area contributed by atoms with Crippen LogP contribution in [-0.2, 0) is 49.5 Å². The third kappa shape index (κ3) is 16.7. The number of ketones is 2. The molecule has 0 saturated heterocycles. The summed E-state index contributed by atoms with van der Waals surface area (Å²) in [6.07, 6.45) is 7.96. The molecule has 1 radical (unpaired) electrons. The molecule has 1 saturated carbocycles. The van der Waals surface area contributed by atoms with Crippen LogP contribution in [0.3, 0.4) is 0 Å². The second-order valence-electron chi connectivity index (χ2n) is 16.7. The van der Waals surface area contributed by atoms with E-state index in [4.69, 9.17) is 16.2 Å². The van der Waals surface area contributed by atoms with Crippen LogP contribution in [0.4, 0.5) is 0 Å². The van der Waals surface area contributed by atoms with E-state index in [1.54, 1.807) is 13.3 Å². The number of likely N-dealkylation sites (N-methyl/N-ethyl adjacent to an activating group) is 2. The van der Waals surface area contributed by atoms with Crippen LogP contribution in [0.2, 0.25) is 0 Å². The van der Waals surface area contributed by atoms with Crippen molar-refractivity contribution in [3.63, 3.8) is 0 Å². The minimum Gasteiger partial charge on any atom is -0.377 e. The number of hydrogen-bond acceptors (Lipinski definition) is 12. The van der Waals surface area contributed by atoms with Crippen molar-refractivity contribution in [2.75, 3.05) is 34.4 Å². The first kappa shape index (κ1) is 52.6. The Kier molecular flexibility index (Phi) is 23.0. The Morgan fingerprint density at radius 1 is 0.836 bits per heavy atom. The monoisotopic (exact) mass is 856 g/mol. The van der Waals surface area contributed by atoms with Gasteiger partial charge in [0, 0.05) is 20.6 Å². The molecule has 0 unspecified atom stereocenters. The van der Waals surface area contributed by atoms with Crippen LogP contribution in [0.15, 0.2) is 30.3 Å². The van der Waals surface area contributed by atoms with E-state index in [1.165, 1.54) is 28.0 Å². The summed E-state index contributed by atoms with van der Waals surface area (Å²) in [4.78, 5) is 109. The molecule has 0 aromatic heterocycles. The number of benzene rings is 1. The molecular formula is C44H71N8O9. The first-order valence-electron chi connectivity index (χ1n) is 21.5. The van der Waals surface area contributed by atoms with Crippen molar-refractivity contribution in [3.8, 4) is 0 Å². The van der Waals surface area contributed by atoms with Crippen molar-refractivity contribution in [1.82, 2.24) is 31.5 Å². The zero-order chi connectivity index (χ0) is 45.7. The first-order valence-corrected chi connectivity index (χ1v) is 21.5. The van der Waals surface area contributed by atoms with Crippen LogP contribution in [0.1, 0.15) is 104 Å². The highest BCUT2D eigenvalue weighted by molar-refractivity contribution is 6.12. The SMILES string of the molecule is CN[C@@H](Cc1ccccc1)C(=O)N[C@@H](CCCCN)C(=O)N[C@@H](C)C(=O)N[C@@H](C)C(=O)N[C@@H](CC(C)C)C(=O)N(C)[C@]([C]=O)(CC(=O)COC)C(=O)[C@@H](N)CC1CCCCC1. The fraction of sp³-hybridized carbons (Fsp3) is 0.682. The van der Waals surface area contributed by atoms with Gasteiger partial charge in [-0.15, -0.1) is 0 Å². The Morgan fingerprint density at radius 2 is 1.41 bits per heavy atom. The van der Waals surface area contributed by atoms with E-state index < -0.39 is 95.9 Å². The van der Waals surface area contributed by atoms with Crippen molar-refractivity contribution < 1.29 is 43.1 Å². The number of unbranched alkanes of at least 4 members (excludes halogenated alkanes) is 1. The molecule has 0 heterocycles. The van der Waals surface area contributed by atoms with E-state index in [9.17, 15) is 38.4 Å². The summed E-state index contributed by atoms with van der Waals surface area (Å²) in [6, 6.07) is 3.00. The lowest BCUT2D eigenvalue weighted by atomic mass is 9.78. The van der Waals surface area contributed by atoms with E-state index in [2.05, 4.69) is 26.6 Å². The molecule has 0 aliphatic heterocycles. The molecule has 0 bridgehead atoms. The van der Waals surface area contributed by atoms with Crippen molar-refractivity contribution in [2.45, 2.75) is 147 Å². The molecule has 17 nitrogen and oxygen atoms in total. The Bertz CT molecular complexity index is 1610. The van der Waals surface area contributed by atoms with Crippen molar-refractivity contribution >= 4 is 47.4 Å². The van der Waals surface area contributed by atoms with E-state index in [0.717, 1.165) is 42.6 Å². The number of methoxy groups -OCH3 is 1. The van der Waals surface area contributed by atoms with Crippen LogP contribution in [0, 0.1) is 11.8 Å². The van der Waals surface area contributed by atoms with Crippen molar-refractivity contribution in [3.05, 3.63) is 35.9 Å². The van der Waals surface area contributed by atoms with Gasteiger partial charge in [0.25, 0.3) is 0 Å². The van der Waals surface area contributed by atoms with E-state index in [1.807, 2.05) is 44.2 Å². The van der Waals surface area contributed by atoms with E-state index in [-0.39, 0.29) is 31.1 Å². The van der Waals surface area contributed by atoms with Gasteiger partial charge in [0.15, 0.2) is 17.1 Å². The molecule has 9 N–H and O–H groups in total. The molecule has 17 heteroatoms. The number of carbonyl (C=O) groups is 7. The quantitative estimate of drug-likeness (QED) is 0.0455. The van der Waals surface area contributed by atoms with Crippen molar-refractivity contribution in [2.24, 2.45) is 23.3 Å². The molecule has 1 aromatic carbocycles. The zero-order valence-electron chi connectivity index (χ0n) is 37.2. The van der Waals surface area contributed by atoms with Crippen LogP contribution in [-0.4, -0.2) is 128 Å². The van der Waals surface area contributed by atoms with Crippen molar-refractivity contribution in [1.29, 1.82) is 0 Å². The van der Waals surface area contributed by atoms with E-state index in [0.29, 0.717) is 25.8 Å². The normalized spacial score (nSPS) is 17.0. The number of Topliss-reactive ketones (excluding diaryl/α,β-unsaturated/α-hetero) is 2. The molecule has 1 aliphatic rings. The second-order valence-corrected chi connectivity index (χ2v) is 16.7. The molecule has 1 aliphatic carbocycles. The average molecular weight is 856 g/mol. The van der Waals surface area contributed by atoms with Gasteiger partial charge < -0.3 is 47.7 Å². The van der Waals surface area contributed by atoms with Crippen LogP contribution >= 0.6 is 0 Å². The molecule has 61 heavy (non-hydrogen) atoms. The summed E-state index contributed by atoms with van der Waals surface area (Å²) in [5.41, 5.74) is 10.6. The fourth-order valence-electron chi connectivity index (χ4n) is 7.62. The third-order valence-electron chi connectivity index (χ3n) is 11.2. The first-order chi connectivity index (χ1) is 28.9. The fourth-order valence-corrected chi connectivity index (χ4v) is 7.62. The van der Waals surface area contributed by atoms with Gasteiger partial charge in [-0.1, -0.05) is 76.3 Å². The summed E-state index contributed by atoms with van der Waals surface area (Å²) in [5.74, 6) is -4.77. The summed E-state index contributed by atoms with van der Waals surface area (Å²) in [6.45, 7) is 6.41. The minimum atomic E-state index is -2.38. The number of ether oxygens (including phenoxy) is 1. The summed E-state index contributed by atoms with van der Waals surface area (Å²) < 4.78 is 4.96. The Hall–Kier alpha value is -4.58. The maximum atomic E-state index is 14.3. The number of hydrogen-bond donors (Lipinski definition) is 7. The molecule has 2 rings (SSSR count). The molecule has 1 fully saturated rings. The predicted molar refractivity (Wildman–Crippen MR) is 231 cm³/mol. The van der Waals surface area contributed by atoms with E-state index >= 15 is 0 Å². The number of rotatable bonds is 28. The lowest BCUT2D eigenvalue weighted by molar-refractivity contribution is -0.147. The Balaban J connectivity index is 2.21. The largest absolute Gasteiger partial charge is 0.377 e. The van der Waals surface area contributed by atoms with Crippen LogP contribution in [0.25, 0.3) is 0 Å². The predicted octanol–water partition coefficient (Wildman–Crippen LogP) is 0.751. The maximum Gasteiger partial charge on any atom is 0.246 e. The van der Waals surface area contributed by atoms with Crippen LogP contribution in [0.5, 0.6) is 0 Å². The van der Waals surface area contributed by atoms with Gasteiger partial charge in [-0.25, -0.2) is 0 Å². The highest BCUT2D eigenvalue weighted by atomic mass is 16.5. The number of nitrogens with two attached hydrogens (primary N) is 2. The lowest BCUT2D eigenvalue weighted by Gasteiger charge is -2.39. The number of amides is 5. The smallest absolute Gasteiger partial charge is 0.246 e. The number of carbonyl (C=O) groups excluding carboxylic acids is 8. The number of nitrogens with zero attached hydrogens (tertiary/aromatic N) is 1. The standard InChI is InChI=1S/C44H71N8O9/c1-28(2)22-37(43(60)52(6)44(27-53,25-33(54)26-61-7)38(55)34(46)23-31-16-10-8-11-17-31)51-40(57)30(4)48-39(56)29(3)49-41(58)35(20-14-15-21-45)50-42(59)36(47-5)24-32-18-12-9-13-19-32/h9,12-13,18-19,28-31,34-37,47H,8,10-11,14-17,20-26,45-46H2,1-7H3,(H,48,56)(H,49,58)(H,50,59)(H,51,57)/t29-,30-,34-,35-,36-,37-,44-/m0/s1. The molecule has 0 spiro atoms. The molecule has 5 amide bonds. The summed E-state index contributed by atoms with van der Waals surface area (Å²) in [7, 11) is 4.15. The molecule has 1 aromatic rings. The Morgan fingerprint density at radius 3 is 1.97 bits per heavy atom. The van der Waals surface area contributed by atoms with Gasteiger partial charge in [0.05, 0.1) is 12.1 Å². The van der Waals surface area contributed by atoms with Gasteiger partial charge in [-0.2, -0.15) is 0 Å². The maximum absolute atomic E-state index is 14.3. The number of nitrogens with one attached hydrogen (secondary N) is 5. The van der Waals surface area contributed by atoms with Gasteiger partial charge in [-0.05, 0) is 83.4 Å². The Labute approximate surface area is 361 Å². The van der Waals surface area contributed by atoms with Gasteiger partial charge in [-0.3, -0.25) is 38.4 Å². The van der Waals surface area contributed by atoms with Gasteiger partial charge in [0.1, 0.15) is 30.8 Å². The zero-order valence-corrected chi connectivity index (χ0v) is 37.2. The summed E-state index contributed by atoms with van der Waals surface area (Å²) in [5, 5.41) is 13.6. The third-order valence-corrected chi connectivity index (χ3v) is 11.2. The lowest BCUT2D eigenvalue weighted by Crippen LogP contribution is -2.65. The average Bonchev–Trinajstić information content (AvgIpc) is 3.23. The molecule has 7 atom stereocenters. The second kappa shape index (κ2) is 26.7. The topological polar surface area (TPSA) is 261 Å².